The van der Waals surface area contributed by atoms with Crippen LogP contribution in [0.4, 0.5) is 11.4 Å². The monoisotopic (exact) mass is 383 g/mol. The molecule has 25 heavy (non-hydrogen) atoms. The normalized spacial score (nSPS) is 24.2. The fourth-order valence-electron chi connectivity index (χ4n) is 4.94. The predicted octanol–water partition coefficient (Wildman–Crippen LogP) is 5.84. The molecule has 0 N–H and O–H groups in total. The van der Waals surface area contributed by atoms with E-state index in [9.17, 15) is 0 Å². The molecule has 0 saturated heterocycles. The molecular weight excluding hydrogens is 369 g/mol. The molecular formula is C22H15BBrN. The van der Waals surface area contributed by atoms with Gasteiger partial charge in [0.05, 0.1) is 0 Å². The lowest BCUT2D eigenvalue weighted by Gasteiger charge is -2.47. The third-order valence-electron chi connectivity index (χ3n) is 5.91. The molecule has 2 aliphatic carbocycles. The number of halogens is 1. The Kier molecular flexibility index (Phi) is 2.73. The van der Waals surface area contributed by atoms with Crippen LogP contribution in [0.25, 0.3) is 0 Å². The summed E-state index contributed by atoms with van der Waals surface area (Å²) < 4.78 is 1.15. The van der Waals surface area contributed by atoms with Crippen molar-refractivity contribution in [1.29, 1.82) is 0 Å². The Labute approximate surface area is 156 Å². The van der Waals surface area contributed by atoms with Gasteiger partial charge < -0.3 is 4.81 Å². The van der Waals surface area contributed by atoms with Crippen molar-refractivity contribution < 1.29 is 0 Å². The Balaban J connectivity index is 1.70. The minimum atomic E-state index is 0.323. The van der Waals surface area contributed by atoms with Crippen molar-refractivity contribution in [1.82, 2.24) is 0 Å². The maximum Gasteiger partial charge on any atom is 0.321 e. The maximum absolute atomic E-state index is 3.67. The minimum Gasteiger partial charge on any atom is -0.377 e. The lowest BCUT2D eigenvalue weighted by molar-refractivity contribution is 0.974. The van der Waals surface area contributed by atoms with Crippen LogP contribution in [0.5, 0.6) is 0 Å². The molecule has 6 rings (SSSR count). The minimum absolute atomic E-state index is 0.323. The van der Waals surface area contributed by atoms with Crippen LogP contribution >= 0.6 is 15.9 Å². The summed E-state index contributed by atoms with van der Waals surface area (Å²) in [5.41, 5.74) is 8.49. The van der Waals surface area contributed by atoms with Crippen LogP contribution in [0, 0.1) is 0 Å². The molecule has 0 aromatic heterocycles. The summed E-state index contributed by atoms with van der Waals surface area (Å²) >= 11 is 3.67. The zero-order valence-electron chi connectivity index (χ0n) is 13.6. The second-order valence-electron chi connectivity index (χ2n) is 7.09. The van der Waals surface area contributed by atoms with Crippen LogP contribution in [-0.2, 0) is 0 Å². The Morgan fingerprint density at radius 2 is 1.48 bits per heavy atom. The van der Waals surface area contributed by atoms with Gasteiger partial charge in [-0.1, -0.05) is 81.5 Å². The van der Waals surface area contributed by atoms with E-state index in [1.807, 2.05) is 0 Å². The van der Waals surface area contributed by atoms with Crippen molar-refractivity contribution in [3.05, 3.63) is 105 Å². The van der Waals surface area contributed by atoms with Crippen LogP contribution in [0.3, 0.4) is 0 Å². The van der Waals surface area contributed by atoms with Gasteiger partial charge in [0.1, 0.15) is 0 Å². The van der Waals surface area contributed by atoms with Gasteiger partial charge in [-0.3, -0.25) is 0 Å². The van der Waals surface area contributed by atoms with Gasteiger partial charge in [-0.2, -0.15) is 0 Å². The summed E-state index contributed by atoms with van der Waals surface area (Å²) in [5.74, 6) is 0.803. The lowest BCUT2D eigenvalue weighted by Crippen LogP contribution is -2.48. The number of nitrogens with zero attached hydrogens (tertiary/aromatic N) is 1. The Hall–Kier alpha value is -2.26. The number of allylic oxidation sites excluding steroid dienone is 8. The standard InChI is InChI=1S/C22H15BBrN/c24-14-11-12-22-18(13-14)16-7-4-9-20(16)23-19-8-3-6-15(19)17-5-1-2-10-21(17)25(22)23/h1-13,15-16H. The first-order valence-electron chi connectivity index (χ1n) is 8.77. The van der Waals surface area contributed by atoms with Gasteiger partial charge in [-0.05, 0) is 35.4 Å². The van der Waals surface area contributed by atoms with Crippen molar-refractivity contribution in [2.45, 2.75) is 11.8 Å². The van der Waals surface area contributed by atoms with Crippen LogP contribution in [0.1, 0.15) is 23.0 Å². The van der Waals surface area contributed by atoms with Gasteiger partial charge in [-0.15, -0.1) is 0 Å². The maximum atomic E-state index is 3.67. The van der Waals surface area contributed by atoms with Crippen molar-refractivity contribution in [3.63, 3.8) is 0 Å². The molecule has 0 bridgehead atoms. The molecule has 0 amide bonds. The Morgan fingerprint density at radius 3 is 2.28 bits per heavy atom. The van der Waals surface area contributed by atoms with Crippen molar-refractivity contribution >= 4 is 34.2 Å². The fraction of sp³-hybridized carbons (Fsp3) is 0.0909. The zero-order chi connectivity index (χ0) is 16.5. The fourth-order valence-corrected chi connectivity index (χ4v) is 5.32. The van der Waals surface area contributed by atoms with Crippen molar-refractivity contribution in [3.8, 4) is 0 Å². The molecule has 118 valence electrons. The van der Waals surface area contributed by atoms with Gasteiger partial charge in [-0.25, -0.2) is 0 Å². The number of benzene rings is 2. The summed E-state index contributed by atoms with van der Waals surface area (Å²) in [4.78, 5) is 2.56. The smallest absolute Gasteiger partial charge is 0.321 e. The molecule has 3 heteroatoms. The van der Waals surface area contributed by atoms with E-state index in [4.69, 9.17) is 0 Å². The van der Waals surface area contributed by atoms with Crippen LogP contribution in [0.15, 0.2) is 94.3 Å². The molecule has 2 aromatic carbocycles. The number of hydrogen-bond acceptors (Lipinski definition) is 1. The Morgan fingerprint density at radius 1 is 0.800 bits per heavy atom. The Bertz CT molecular complexity index is 1050. The third-order valence-corrected chi connectivity index (χ3v) is 6.40. The summed E-state index contributed by atoms with van der Waals surface area (Å²) in [6.45, 7) is 0.323. The summed E-state index contributed by atoms with van der Waals surface area (Å²) in [5, 5.41) is 0. The number of fused-ring (bicyclic) bond motifs is 11. The molecule has 2 unspecified atom stereocenters. The molecule has 0 fully saturated rings. The molecule has 0 spiro atoms. The highest BCUT2D eigenvalue weighted by Crippen LogP contribution is 2.55. The highest BCUT2D eigenvalue weighted by atomic mass is 79.9. The average Bonchev–Trinajstić information content (AvgIpc) is 3.31. The van der Waals surface area contributed by atoms with Crippen LogP contribution in [-0.4, -0.2) is 6.85 Å². The molecule has 0 saturated carbocycles. The third kappa shape index (κ3) is 1.74. The molecule has 0 radical (unpaired) electrons. The number of hydrogen-bond donors (Lipinski definition) is 0. The van der Waals surface area contributed by atoms with Crippen LogP contribution < -0.4 is 4.81 Å². The molecule has 2 heterocycles. The highest BCUT2D eigenvalue weighted by molar-refractivity contribution is 9.10. The van der Waals surface area contributed by atoms with E-state index in [1.165, 1.54) is 33.4 Å². The first-order valence-corrected chi connectivity index (χ1v) is 9.56. The molecule has 4 aliphatic rings. The molecule has 2 aromatic rings. The second kappa shape index (κ2) is 4.89. The summed E-state index contributed by atoms with van der Waals surface area (Å²) in [6, 6.07) is 15.6. The molecule has 1 nitrogen and oxygen atoms in total. The van der Waals surface area contributed by atoms with Crippen molar-refractivity contribution in [2.75, 3.05) is 4.81 Å². The van der Waals surface area contributed by atoms with Crippen molar-refractivity contribution in [2.24, 2.45) is 0 Å². The van der Waals surface area contributed by atoms with Gasteiger partial charge >= 0.3 is 6.85 Å². The number of rotatable bonds is 0. The quantitative estimate of drug-likeness (QED) is 0.516. The molecule has 2 aliphatic heterocycles. The topological polar surface area (TPSA) is 3.24 Å². The van der Waals surface area contributed by atoms with E-state index >= 15 is 0 Å². The van der Waals surface area contributed by atoms with E-state index in [-0.39, 0.29) is 0 Å². The highest BCUT2D eigenvalue weighted by Gasteiger charge is 2.48. The van der Waals surface area contributed by atoms with Crippen LogP contribution in [0.2, 0.25) is 0 Å². The predicted molar refractivity (Wildman–Crippen MR) is 108 cm³/mol. The second-order valence-corrected chi connectivity index (χ2v) is 8.01. The van der Waals surface area contributed by atoms with E-state index in [0.29, 0.717) is 18.7 Å². The molecule has 2 atom stereocenters. The van der Waals surface area contributed by atoms with E-state index < -0.39 is 0 Å². The van der Waals surface area contributed by atoms with E-state index in [1.54, 1.807) is 0 Å². The first kappa shape index (κ1) is 14.0. The number of anilines is 2. The van der Waals surface area contributed by atoms with E-state index in [2.05, 4.69) is 99.7 Å². The summed E-state index contributed by atoms with van der Waals surface area (Å²) in [7, 11) is 0. The SMILES string of the molecule is Brc1ccc2c(c1)C1C=CC=C1B1C3=CC=CC3c3ccccc3N12. The largest absolute Gasteiger partial charge is 0.377 e. The average molecular weight is 384 g/mol. The number of para-hydroxylation sites is 1. The first-order chi connectivity index (χ1) is 12.3. The lowest BCUT2D eigenvalue weighted by atomic mass is 9.39. The van der Waals surface area contributed by atoms with Gasteiger partial charge in [0.15, 0.2) is 0 Å². The van der Waals surface area contributed by atoms with Gasteiger partial charge in [0.2, 0.25) is 0 Å². The van der Waals surface area contributed by atoms with Gasteiger partial charge in [0.25, 0.3) is 0 Å². The zero-order valence-corrected chi connectivity index (χ0v) is 15.1. The van der Waals surface area contributed by atoms with E-state index in [0.717, 1.165) is 4.47 Å². The summed E-state index contributed by atoms with van der Waals surface area (Å²) in [6.07, 6.45) is 13.8. The van der Waals surface area contributed by atoms with Gasteiger partial charge in [0, 0.05) is 27.7 Å².